The molecule has 0 aliphatic heterocycles. The fourth-order valence-corrected chi connectivity index (χ4v) is 2.49. The smallest absolute Gasteiger partial charge is 0.338 e. The van der Waals surface area contributed by atoms with Crippen molar-refractivity contribution in [1.82, 2.24) is 0 Å². The number of anilines is 1. The van der Waals surface area contributed by atoms with Crippen molar-refractivity contribution in [3.05, 3.63) is 65.7 Å². The van der Waals surface area contributed by atoms with Crippen LogP contribution in [0.1, 0.15) is 43.6 Å². The third-order valence-electron chi connectivity index (χ3n) is 3.69. The van der Waals surface area contributed by atoms with Gasteiger partial charge in [0.1, 0.15) is 18.8 Å². The molecule has 148 valence electrons. The lowest BCUT2D eigenvalue weighted by Gasteiger charge is -2.24. The highest BCUT2D eigenvalue weighted by atomic mass is 16.6. The Morgan fingerprint density at radius 1 is 0.964 bits per heavy atom. The summed E-state index contributed by atoms with van der Waals surface area (Å²) < 4.78 is 10.6. The first-order valence-electron chi connectivity index (χ1n) is 8.97. The number of esters is 2. The summed E-state index contributed by atoms with van der Waals surface area (Å²) in [5.74, 6) is -1.37. The van der Waals surface area contributed by atoms with E-state index in [1.165, 1.54) is 17.9 Å². The molecule has 0 saturated heterocycles. The van der Waals surface area contributed by atoms with Crippen LogP contribution in [-0.4, -0.2) is 30.0 Å². The van der Waals surface area contributed by atoms with Crippen LogP contribution < -0.4 is 4.90 Å². The second-order valence-electron chi connectivity index (χ2n) is 7.30. The minimum Gasteiger partial charge on any atom is -0.459 e. The Kier molecular flexibility index (Phi) is 6.93. The predicted molar refractivity (Wildman–Crippen MR) is 106 cm³/mol. The molecule has 0 heterocycles. The van der Waals surface area contributed by atoms with Crippen molar-refractivity contribution < 1.29 is 23.9 Å². The zero-order chi connectivity index (χ0) is 20.7. The van der Waals surface area contributed by atoms with Gasteiger partial charge in [0.15, 0.2) is 0 Å². The lowest BCUT2D eigenvalue weighted by Crippen LogP contribution is -2.37. The first kappa shape index (κ1) is 21.2. The Bertz CT molecular complexity index is 840. The molecule has 2 rings (SSSR count). The van der Waals surface area contributed by atoms with Crippen LogP contribution in [0.25, 0.3) is 0 Å². The number of hydrogen-bond donors (Lipinski definition) is 0. The Morgan fingerprint density at radius 2 is 1.64 bits per heavy atom. The van der Waals surface area contributed by atoms with Gasteiger partial charge in [0.05, 0.1) is 5.56 Å². The Morgan fingerprint density at radius 3 is 2.25 bits per heavy atom. The summed E-state index contributed by atoms with van der Waals surface area (Å²) in [6.07, 6.45) is 0. The van der Waals surface area contributed by atoms with Gasteiger partial charge in [0.2, 0.25) is 5.91 Å². The summed E-state index contributed by atoms with van der Waals surface area (Å²) in [5.41, 5.74) is 0.946. The van der Waals surface area contributed by atoms with Crippen LogP contribution in [0, 0.1) is 0 Å². The molecule has 28 heavy (non-hydrogen) atoms. The zero-order valence-corrected chi connectivity index (χ0v) is 16.6. The average molecular weight is 383 g/mol. The number of ether oxygens (including phenoxy) is 2. The molecule has 0 bridgehead atoms. The van der Waals surface area contributed by atoms with Gasteiger partial charge in [-0.1, -0.05) is 36.4 Å². The summed E-state index contributed by atoms with van der Waals surface area (Å²) >= 11 is 0. The molecule has 1 amide bonds. The summed E-state index contributed by atoms with van der Waals surface area (Å²) in [5, 5.41) is 0. The van der Waals surface area contributed by atoms with E-state index in [2.05, 4.69) is 0 Å². The Labute approximate surface area is 165 Å². The largest absolute Gasteiger partial charge is 0.459 e. The summed E-state index contributed by atoms with van der Waals surface area (Å²) in [6.45, 7) is 6.53. The van der Waals surface area contributed by atoms with Crippen molar-refractivity contribution in [2.75, 3.05) is 11.4 Å². The molecular formula is C22H25NO5. The molecule has 2 aromatic carbocycles. The monoisotopic (exact) mass is 383 g/mol. The maximum atomic E-state index is 12.4. The van der Waals surface area contributed by atoms with Crippen LogP contribution in [0.15, 0.2) is 54.6 Å². The second kappa shape index (κ2) is 9.17. The number of nitrogens with zero attached hydrogens (tertiary/aromatic N) is 1. The second-order valence-corrected chi connectivity index (χ2v) is 7.30. The van der Waals surface area contributed by atoms with E-state index in [0.29, 0.717) is 11.3 Å². The minimum atomic E-state index is -0.650. The van der Waals surface area contributed by atoms with Crippen LogP contribution in [0.2, 0.25) is 0 Å². The molecule has 0 radical (unpaired) electrons. The number of amides is 1. The molecule has 2 aromatic rings. The lowest BCUT2D eigenvalue weighted by atomic mass is 10.1. The van der Waals surface area contributed by atoms with Gasteiger partial charge in [-0.15, -0.1) is 0 Å². The summed E-state index contributed by atoms with van der Waals surface area (Å²) in [6, 6.07) is 15.8. The van der Waals surface area contributed by atoms with Gasteiger partial charge in [-0.05, 0) is 44.5 Å². The predicted octanol–water partition coefficient (Wildman–Crippen LogP) is 3.74. The normalized spacial score (nSPS) is 10.9. The van der Waals surface area contributed by atoms with Gasteiger partial charge < -0.3 is 14.4 Å². The van der Waals surface area contributed by atoms with E-state index in [1.54, 1.807) is 39.0 Å². The van der Waals surface area contributed by atoms with Crippen molar-refractivity contribution in [2.24, 2.45) is 0 Å². The molecule has 0 N–H and O–H groups in total. The highest BCUT2D eigenvalue weighted by Crippen LogP contribution is 2.19. The van der Waals surface area contributed by atoms with E-state index >= 15 is 0 Å². The summed E-state index contributed by atoms with van der Waals surface area (Å²) in [4.78, 5) is 37.8. The zero-order valence-electron chi connectivity index (χ0n) is 16.6. The molecule has 0 aliphatic carbocycles. The molecule has 0 atom stereocenters. The van der Waals surface area contributed by atoms with E-state index in [1.807, 2.05) is 30.3 Å². The van der Waals surface area contributed by atoms with Crippen molar-refractivity contribution in [3.63, 3.8) is 0 Å². The van der Waals surface area contributed by atoms with Crippen LogP contribution >= 0.6 is 0 Å². The van der Waals surface area contributed by atoms with Crippen LogP contribution in [-0.2, 0) is 25.7 Å². The maximum Gasteiger partial charge on any atom is 0.338 e. The number of rotatable bonds is 6. The molecule has 0 aromatic heterocycles. The number of benzene rings is 2. The Balaban J connectivity index is 2.11. The first-order chi connectivity index (χ1) is 13.2. The molecular weight excluding hydrogens is 358 g/mol. The SMILES string of the molecule is CC(=O)N(CC(=O)OC(C)(C)C)c1cccc(C(=O)OCc2ccccc2)c1. The van der Waals surface area contributed by atoms with Crippen molar-refractivity contribution in [1.29, 1.82) is 0 Å². The Hall–Kier alpha value is -3.15. The number of carbonyl (C=O) groups is 3. The van der Waals surface area contributed by atoms with Crippen LogP contribution in [0.3, 0.4) is 0 Å². The van der Waals surface area contributed by atoms with Gasteiger partial charge >= 0.3 is 11.9 Å². The van der Waals surface area contributed by atoms with E-state index in [4.69, 9.17) is 9.47 Å². The topological polar surface area (TPSA) is 72.9 Å². The number of carbonyl (C=O) groups excluding carboxylic acids is 3. The van der Waals surface area contributed by atoms with Crippen molar-refractivity contribution >= 4 is 23.5 Å². The molecule has 6 nitrogen and oxygen atoms in total. The highest BCUT2D eigenvalue weighted by molar-refractivity contribution is 5.98. The van der Waals surface area contributed by atoms with Gasteiger partial charge in [0, 0.05) is 12.6 Å². The lowest BCUT2D eigenvalue weighted by molar-refractivity contribution is -0.153. The van der Waals surface area contributed by atoms with Crippen molar-refractivity contribution in [3.8, 4) is 0 Å². The first-order valence-corrected chi connectivity index (χ1v) is 8.97. The van der Waals surface area contributed by atoms with E-state index in [-0.39, 0.29) is 19.1 Å². The molecule has 0 fully saturated rings. The van der Waals surface area contributed by atoms with Gasteiger partial charge in [-0.25, -0.2) is 4.79 Å². The van der Waals surface area contributed by atoms with Gasteiger partial charge in [-0.3, -0.25) is 9.59 Å². The van der Waals surface area contributed by atoms with Crippen molar-refractivity contribution in [2.45, 2.75) is 39.9 Å². The summed E-state index contributed by atoms with van der Waals surface area (Å²) in [7, 11) is 0. The minimum absolute atomic E-state index is 0.151. The molecule has 0 spiro atoms. The standard InChI is InChI=1S/C22H25NO5/c1-16(24)23(14-20(25)28-22(2,3)4)19-12-8-11-18(13-19)21(26)27-15-17-9-6-5-7-10-17/h5-13H,14-15H2,1-4H3. The highest BCUT2D eigenvalue weighted by Gasteiger charge is 2.22. The number of hydrogen-bond acceptors (Lipinski definition) is 5. The average Bonchev–Trinajstić information content (AvgIpc) is 2.63. The quantitative estimate of drug-likeness (QED) is 0.711. The fraction of sp³-hybridized carbons (Fsp3) is 0.318. The molecule has 0 unspecified atom stereocenters. The third-order valence-corrected chi connectivity index (χ3v) is 3.69. The third kappa shape index (κ3) is 6.54. The van der Waals surface area contributed by atoms with E-state index in [9.17, 15) is 14.4 Å². The van der Waals surface area contributed by atoms with Crippen LogP contribution in [0.5, 0.6) is 0 Å². The molecule has 6 heteroatoms. The molecule has 0 saturated carbocycles. The van der Waals surface area contributed by atoms with Gasteiger partial charge in [0.25, 0.3) is 0 Å². The van der Waals surface area contributed by atoms with E-state index < -0.39 is 17.5 Å². The van der Waals surface area contributed by atoms with Gasteiger partial charge in [-0.2, -0.15) is 0 Å². The molecule has 0 aliphatic rings. The fourth-order valence-electron chi connectivity index (χ4n) is 2.49. The van der Waals surface area contributed by atoms with Crippen LogP contribution in [0.4, 0.5) is 5.69 Å². The van der Waals surface area contributed by atoms with E-state index in [0.717, 1.165) is 5.56 Å². The maximum absolute atomic E-state index is 12.4.